The lowest BCUT2D eigenvalue weighted by atomic mass is 9.98. The Hall–Kier alpha value is -2.97. The molecule has 2 heterocycles. The summed E-state index contributed by atoms with van der Waals surface area (Å²) in [6.07, 6.45) is 0. The number of carbonyl (C=O) groups excluding carboxylic acids is 1. The number of benzene rings is 2. The molecule has 0 spiro atoms. The first-order valence-corrected chi connectivity index (χ1v) is 9.82. The van der Waals surface area contributed by atoms with Crippen molar-refractivity contribution >= 4 is 32.3 Å². The fourth-order valence-electron chi connectivity index (χ4n) is 3.36. The van der Waals surface area contributed by atoms with E-state index in [9.17, 15) is 13.2 Å². The molecule has 3 aromatic rings. The predicted octanol–water partition coefficient (Wildman–Crippen LogP) is 1.99. The molecule has 0 fully saturated rings. The van der Waals surface area contributed by atoms with Crippen molar-refractivity contribution in [3.05, 3.63) is 53.6 Å². The molecule has 27 heavy (non-hydrogen) atoms. The van der Waals surface area contributed by atoms with E-state index in [1.54, 1.807) is 30.3 Å². The summed E-state index contributed by atoms with van der Waals surface area (Å²) in [5, 5.41) is 3.44. The molecule has 7 nitrogen and oxygen atoms in total. The Labute approximate surface area is 156 Å². The fraction of sp³-hybridized carbons (Fsp3) is 0.158. The highest BCUT2D eigenvalue weighted by Gasteiger charge is 2.41. The van der Waals surface area contributed by atoms with Gasteiger partial charge in [0.2, 0.25) is 9.84 Å². The Balaban J connectivity index is 2.15. The number of anilines is 1. The standard InChI is InChI=1S/C19H17N3O4S/c1-26-14-8-4-6-12-16(23)15-11-5-2-3-7-13(11)22-19(21-10-9-20)18(15)27(24,25)17(12)14/h2-8H,9-10,20H2,1H3,(H,21,22). The van der Waals surface area contributed by atoms with Crippen LogP contribution in [0.1, 0.15) is 15.9 Å². The molecule has 4 rings (SSSR count). The maximum absolute atomic E-state index is 13.5. The summed E-state index contributed by atoms with van der Waals surface area (Å²) in [5.74, 6) is -0.119. The van der Waals surface area contributed by atoms with Gasteiger partial charge in [-0.15, -0.1) is 0 Å². The third-order valence-electron chi connectivity index (χ3n) is 4.49. The molecule has 2 aromatic carbocycles. The molecule has 0 saturated heterocycles. The quantitative estimate of drug-likeness (QED) is 0.554. The summed E-state index contributed by atoms with van der Waals surface area (Å²) >= 11 is 0. The van der Waals surface area contributed by atoms with E-state index in [2.05, 4.69) is 10.3 Å². The lowest BCUT2D eigenvalue weighted by molar-refractivity contribution is 0.103. The maximum atomic E-state index is 13.5. The van der Waals surface area contributed by atoms with Gasteiger partial charge >= 0.3 is 0 Å². The first-order valence-electron chi connectivity index (χ1n) is 8.34. The van der Waals surface area contributed by atoms with Crippen molar-refractivity contribution in [2.45, 2.75) is 9.79 Å². The number of ether oxygens (including phenoxy) is 1. The van der Waals surface area contributed by atoms with Gasteiger partial charge in [0.05, 0.1) is 18.2 Å². The molecule has 0 saturated carbocycles. The summed E-state index contributed by atoms with van der Waals surface area (Å²) < 4.78 is 32.2. The van der Waals surface area contributed by atoms with Crippen molar-refractivity contribution < 1.29 is 17.9 Å². The van der Waals surface area contributed by atoms with Crippen LogP contribution in [0.3, 0.4) is 0 Å². The molecule has 0 bridgehead atoms. The van der Waals surface area contributed by atoms with Crippen LogP contribution in [0.4, 0.5) is 5.82 Å². The summed E-state index contributed by atoms with van der Waals surface area (Å²) in [6.45, 7) is 0.609. The molecule has 138 valence electrons. The number of nitrogens with one attached hydrogen (secondary N) is 1. The predicted molar refractivity (Wildman–Crippen MR) is 101 cm³/mol. The van der Waals surface area contributed by atoms with Crippen LogP contribution in [-0.2, 0) is 9.84 Å². The average Bonchev–Trinajstić information content (AvgIpc) is 2.69. The number of aromatic nitrogens is 1. The minimum Gasteiger partial charge on any atom is -0.495 e. The van der Waals surface area contributed by atoms with Gasteiger partial charge in [-0.2, -0.15) is 0 Å². The van der Waals surface area contributed by atoms with Gasteiger partial charge in [-0.25, -0.2) is 13.4 Å². The highest BCUT2D eigenvalue weighted by molar-refractivity contribution is 7.92. The van der Waals surface area contributed by atoms with E-state index in [1.807, 2.05) is 0 Å². The van der Waals surface area contributed by atoms with Crippen LogP contribution < -0.4 is 15.8 Å². The zero-order chi connectivity index (χ0) is 19.2. The van der Waals surface area contributed by atoms with E-state index in [1.165, 1.54) is 19.2 Å². The van der Waals surface area contributed by atoms with Gasteiger partial charge < -0.3 is 15.8 Å². The molecular formula is C19H17N3O4S. The molecule has 1 aromatic heterocycles. The molecule has 0 atom stereocenters. The number of fused-ring (bicyclic) bond motifs is 4. The van der Waals surface area contributed by atoms with Crippen LogP contribution in [0.5, 0.6) is 5.75 Å². The van der Waals surface area contributed by atoms with E-state index < -0.39 is 9.84 Å². The van der Waals surface area contributed by atoms with Crippen molar-refractivity contribution in [3.8, 4) is 5.75 Å². The molecule has 3 N–H and O–H groups in total. The molecule has 0 radical (unpaired) electrons. The van der Waals surface area contributed by atoms with E-state index >= 15 is 0 Å². The molecule has 1 aliphatic rings. The van der Waals surface area contributed by atoms with Gasteiger partial charge in [0.1, 0.15) is 21.4 Å². The van der Waals surface area contributed by atoms with Crippen LogP contribution >= 0.6 is 0 Å². The van der Waals surface area contributed by atoms with Crippen LogP contribution in [0, 0.1) is 0 Å². The van der Waals surface area contributed by atoms with Gasteiger partial charge in [0.25, 0.3) is 0 Å². The number of para-hydroxylation sites is 1. The Morgan fingerprint density at radius 2 is 1.89 bits per heavy atom. The Kier molecular flexibility index (Phi) is 4.09. The number of hydrogen-bond acceptors (Lipinski definition) is 7. The van der Waals surface area contributed by atoms with Crippen molar-refractivity contribution in [3.63, 3.8) is 0 Å². The topological polar surface area (TPSA) is 111 Å². The third kappa shape index (κ3) is 2.48. The van der Waals surface area contributed by atoms with Gasteiger partial charge in [0, 0.05) is 24.0 Å². The number of nitrogens with two attached hydrogens (primary N) is 1. The number of ketones is 1. The first kappa shape index (κ1) is 17.4. The Morgan fingerprint density at radius 3 is 2.63 bits per heavy atom. The molecule has 0 aliphatic carbocycles. The normalized spacial score (nSPS) is 14.5. The second-order valence-electron chi connectivity index (χ2n) is 6.07. The molecular weight excluding hydrogens is 366 g/mol. The Bertz CT molecular complexity index is 1190. The molecule has 0 amide bonds. The zero-order valence-electron chi connectivity index (χ0n) is 14.5. The molecule has 1 aliphatic heterocycles. The lowest BCUT2D eigenvalue weighted by Crippen LogP contribution is -2.25. The summed E-state index contributed by atoms with van der Waals surface area (Å²) in [4.78, 5) is 17.5. The van der Waals surface area contributed by atoms with Crippen LogP contribution in [0.25, 0.3) is 10.9 Å². The van der Waals surface area contributed by atoms with Crippen molar-refractivity contribution in [2.75, 3.05) is 25.5 Å². The van der Waals surface area contributed by atoms with Crippen molar-refractivity contribution in [1.29, 1.82) is 0 Å². The number of pyridine rings is 1. The number of hydrogen-bond donors (Lipinski definition) is 2. The van der Waals surface area contributed by atoms with Crippen LogP contribution in [0.15, 0.2) is 52.3 Å². The van der Waals surface area contributed by atoms with Gasteiger partial charge in [-0.3, -0.25) is 4.79 Å². The number of methoxy groups -OCH3 is 1. The number of nitrogens with zero attached hydrogens (tertiary/aromatic N) is 1. The summed E-state index contributed by atoms with van der Waals surface area (Å²) in [5.41, 5.74) is 6.31. The van der Waals surface area contributed by atoms with Crippen molar-refractivity contribution in [1.82, 2.24) is 4.98 Å². The molecule has 0 unspecified atom stereocenters. The van der Waals surface area contributed by atoms with Gasteiger partial charge in [0.15, 0.2) is 5.78 Å². The second kappa shape index (κ2) is 6.33. The first-order chi connectivity index (χ1) is 13.0. The fourth-order valence-corrected chi connectivity index (χ4v) is 5.28. The van der Waals surface area contributed by atoms with E-state index in [-0.39, 0.29) is 44.8 Å². The van der Waals surface area contributed by atoms with Gasteiger partial charge in [-0.1, -0.05) is 24.3 Å². The minimum absolute atomic E-state index is 0.1000. The summed E-state index contributed by atoms with van der Waals surface area (Å²) in [6, 6.07) is 11.6. The largest absolute Gasteiger partial charge is 0.495 e. The number of rotatable bonds is 4. The van der Waals surface area contributed by atoms with E-state index in [0.717, 1.165) is 0 Å². The third-order valence-corrected chi connectivity index (χ3v) is 6.39. The zero-order valence-corrected chi connectivity index (χ0v) is 15.3. The highest BCUT2D eigenvalue weighted by Crippen LogP contribution is 2.44. The van der Waals surface area contributed by atoms with E-state index in [4.69, 9.17) is 10.5 Å². The lowest BCUT2D eigenvalue weighted by Gasteiger charge is -2.24. The van der Waals surface area contributed by atoms with Crippen LogP contribution in [0.2, 0.25) is 0 Å². The Morgan fingerprint density at radius 1 is 1.11 bits per heavy atom. The monoisotopic (exact) mass is 383 g/mol. The summed E-state index contributed by atoms with van der Waals surface area (Å²) in [7, 11) is -2.67. The number of sulfone groups is 1. The van der Waals surface area contributed by atoms with Gasteiger partial charge in [-0.05, 0) is 18.2 Å². The van der Waals surface area contributed by atoms with Crippen LogP contribution in [-0.4, -0.2) is 39.4 Å². The smallest absolute Gasteiger partial charge is 0.215 e. The SMILES string of the molecule is COc1cccc2c1S(=O)(=O)c1c(NCCN)nc3ccccc3c1C2=O. The highest BCUT2D eigenvalue weighted by atomic mass is 32.2. The average molecular weight is 383 g/mol. The maximum Gasteiger partial charge on any atom is 0.215 e. The number of carbonyl (C=O) groups is 1. The van der Waals surface area contributed by atoms with E-state index in [0.29, 0.717) is 17.4 Å². The second-order valence-corrected chi connectivity index (χ2v) is 7.89. The minimum atomic E-state index is -4.04. The van der Waals surface area contributed by atoms with Crippen molar-refractivity contribution in [2.24, 2.45) is 5.73 Å². The molecule has 8 heteroatoms.